The SMILES string of the molecule is O=C(CCl)Cc1ccc(Br)cc1CF. The summed E-state index contributed by atoms with van der Waals surface area (Å²) in [5, 5.41) is 0. The Labute approximate surface area is 95.4 Å². The molecule has 0 saturated heterocycles. The van der Waals surface area contributed by atoms with Gasteiger partial charge in [-0.2, -0.15) is 0 Å². The maximum absolute atomic E-state index is 12.6. The molecule has 0 spiro atoms. The first kappa shape index (κ1) is 11.7. The molecule has 14 heavy (non-hydrogen) atoms. The Balaban J connectivity index is 2.90. The van der Waals surface area contributed by atoms with Crippen molar-refractivity contribution in [2.45, 2.75) is 13.1 Å². The minimum absolute atomic E-state index is 0.0260. The fourth-order valence-electron chi connectivity index (χ4n) is 1.15. The summed E-state index contributed by atoms with van der Waals surface area (Å²) in [5.74, 6) is -0.120. The van der Waals surface area contributed by atoms with E-state index in [0.717, 1.165) is 4.47 Å². The summed E-state index contributed by atoms with van der Waals surface area (Å²) in [7, 11) is 0. The van der Waals surface area contributed by atoms with Crippen molar-refractivity contribution in [3.05, 3.63) is 33.8 Å². The molecular formula is C10H9BrClFO. The average molecular weight is 280 g/mol. The van der Waals surface area contributed by atoms with Crippen LogP contribution in [0.1, 0.15) is 11.1 Å². The summed E-state index contributed by atoms with van der Waals surface area (Å²) in [6, 6.07) is 5.20. The summed E-state index contributed by atoms with van der Waals surface area (Å²) in [6.45, 7) is -0.565. The lowest BCUT2D eigenvalue weighted by Crippen LogP contribution is -2.05. The largest absolute Gasteiger partial charge is 0.298 e. The lowest BCUT2D eigenvalue weighted by atomic mass is 10.0. The van der Waals surface area contributed by atoms with Gasteiger partial charge in [-0.25, -0.2) is 4.39 Å². The Morgan fingerprint density at radius 3 is 2.71 bits per heavy atom. The molecule has 0 aliphatic heterocycles. The molecule has 0 unspecified atom stereocenters. The summed E-state index contributed by atoms with van der Waals surface area (Å²) < 4.78 is 13.4. The van der Waals surface area contributed by atoms with Crippen molar-refractivity contribution in [2.75, 3.05) is 5.88 Å². The molecule has 0 aliphatic carbocycles. The fourth-order valence-corrected chi connectivity index (χ4v) is 1.65. The molecule has 1 aromatic carbocycles. The fraction of sp³-hybridized carbons (Fsp3) is 0.300. The number of halogens is 3. The molecule has 0 bridgehead atoms. The summed E-state index contributed by atoms with van der Waals surface area (Å²) in [4.78, 5) is 11.1. The highest BCUT2D eigenvalue weighted by Crippen LogP contribution is 2.18. The summed E-state index contributed by atoms with van der Waals surface area (Å²) in [5.41, 5.74) is 1.25. The number of Topliss-reactive ketones (excluding diaryl/α,β-unsaturated/α-hetero) is 1. The van der Waals surface area contributed by atoms with E-state index in [1.165, 1.54) is 0 Å². The second-order valence-electron chi connectivity index (χ2n) is 2.90. The van der Waals surface area contributed by atoms with Gasteiger partial charge in [0.05, 0.1) is 5.88 Å². The van der Waals surface area contributed by atoms with Crippen LogP contribution >= 0.6 is 27.5 Å². The van der Waals surface area contributed by atoms with Crippen LogP contribution < -0.4 is 0 Å². The Kier molecular flexibility index (Phi) is 4.55. The van der Waals surface area contributed by atoms with E-state index >= 15 is 0 Å². The molecule has 1 aromatic rings. The van der Waals surface area contributed by atoms with Gasteiger partial charge in [-0.1, -0.05) is 22.0 Å². The second-order valence-corrected chi connectivity index (χ2v) is 4.08. The first-order valence-electron chi connectivity index (χ1n) is 4.08. The summed E-state index contributed by atoms with van der Waals surface area (Å²) in [6.07, 6.45) is 0.204. The van der Waals surface area contributed by atoms with Crippen LogP contribution in [-0.4, -0.2) is 11.7 Å². The van der Waals surface area contributed by atoms with Gasteiger partial charge in [0, 0.05) is 10.9 Å². The third kappa shape index (κ3) is 3.07. The van der Waals surface area contributed by atoms with Gasteiger partial charge in [-0.05, 0) is 23.3 Å². The molecule has 0 aliphatic rings. The highest BCUT2D eigenvalue weighted by molar-refractivity contribution is 9.10. The van der Waals surface area contributed by atoms with Crippen LogP contribution in [0, 0.1) is 0 Å². The van der Waals surface area contributed by atoms with Crippen molar-refractivity contribution in [3.8, 4) is 0 Å². The van der Waals surface area contributed by atoms with E-state index in [0.29, 0.717) is 11.1 Å². The van der Waals surface area contributed by atoms with Crippen LogP contribution in [0.2, 0.25) is 0 Å². The molecule has 1 rings (SSSR count). The highest BCUT2D eigenvalue weighted by Gasteiger charge is 2.07. The van der Waals surface area contributed by atoms with Crippen molar-refractivity contribution in [1.82, 2.24) is 0 Å². The third-order valence-electron chi connectivity index (χ3n) is 1.85. The van der Waals surface area contributed by atoms with Gasteiger partial charge in [0.1, 0.15) is 6.67 Å². The van der Waals surface area contributed by atoms with Crippen molar-refractivity contribution in [1.29, 1.82) is 0 Å². The first-order valence-corrected chi connectivity index (χ1v) is 5.41. The zero-order chi connectivity index (χ0) is 10.6. The van der Waals surface area contributed by atoms with Crippen LogP contribution in [-0.2, 0) is 17.9 Å². The monoisotopic (exact) mass is 278 g/mol. The molecular weight excluding hydrogens is 270 g/mol. The van der Waals surface area contributed by atoms with Crippen molar-refractivity contribution < 1.29 is 9.18 Å². The standard InChI is InChI=1S/C10H9BrClFO/c11-9-2-1-7(4-10(14)5-12)8(3-9)6-13/h1-3H,4-6H2. The second kappa shape index (κ2) is 5.47. The molecule has 1 nitrogen and oxygen atoms in total. The van der Waals surface area contributed by atoms with Crippen LogP contribution in [0.4, 0.5) is 4.39 Å². The molecule has 0 heterocycles. The number of ketones is 1. The van der Waals surface area contributed by atoms with Gasteiger partial charge in [-0.15, -0.1) is 11.6 Å². The minimum atomic E-state index is -0.565. The number of benzene rings is 1. The van der Waals surface area contributed by atoms with E-state index in [-0.39, 0.29) is 18.1 Å². The zero-order valence-corrected chi connectivity index (χ0v) is 9.74. The van der Waals surface area contributed by atoms with E-state index in [1.54, 1.807) is 18.2 Å². The first-order chi connectivity index (χ1) is 6.67. The molecule has 76 valence electrons. The predicted molar refractivity (Wildman–Crippen MR) is 58.4 cm³/mol. The number of rotatable bonds is 4. The maximum Gasteiger partial charge on any atom is 0.151 e. The van der Waals surface area contributed by atoms with Crippen LogP contribution in [0.15, 0.2) is 22.7 Å². The van der Waals surface area contributed by atoms with E-state index in [1.807, 2.05) is 0 Å². The summed E-state index contributed by atoms with van der Waals surface area (Å²) >= 11 is 8.62. The van der Waals surface area contributed by atoms with Gasteiger partial charge < -0.3 is 0 Å². The Bertz CT molecular complexity index is 341. The van der Waals surface area contributed by atoms with E-state index in [9.17, 15) is 9.18 Å². The molecule has 0 aromatic heterocycles. The zero-order valence-electron chi connectivity index (χ0n) is 7.40. The minimum Gasteiger partial charge on any atom is -0.298 e. The predicted octanol–water partition coefficient (Wildman–Crippen LogP) is 3.27. The lowest BCUT2D eigenvalue weighted by molar-refractivity contribution is -0.116. The molecule has 0 amide bonds. The maximum atomic E-state index is 12.6. The smallest absolute Gasteiger partial charge is 0.151 e. The Hall–Kier alpha value is -0.410. The van der Waals surface area contributed by atoms with Crippen molar-refractivity contribution in [2.24, 2.45) is 0 Å². The van der Waals surface area contributed by atoms with Gasteiger partial charge in [0.15, 0.2) is 5.78 Å². The van der Waals surface area contributed by atoms with Gasteiger partial charge >= 0.3 is 0 Å². The van der Waals surface area contributed by atoms with Crippen LogP contribution in [0.25, 0.3) is 0 Å². The number of hydrogen-bond donors (Lipinski definition) is 0. The average Bonchev–Trinajstić information content (AvgIpc) is 2.20. The molecule has 4 heteroatoms. The third-order valence-corrected chi connectivity index (χ3v) is 2.64. The van der Waals surface area contributed by atoms with Gasteiger partial charge in [-0.3, -0.25) is 4.79 Å². The van der Waals surface area contributed by atoms with E-state index < -0.39 is 6.67 Å². The van der Waals surface area contributed by atoms with E-state index in [2.05, 4.69) is 15.9 Å². The number of carbonyl (C=O) groups is 1. The number of carbonyl (C=O) groups excluding carboxylic acids is 1. The van der Waals surface area contributed by atoms with Gasteiger partial charge in [0.25, 0.3) is 0 Å². The lowest BCUT2D eigenvalue weighted by Gasteiger charge is -2.05. The Morgan fingerprint density at radius 1 is 1.43 bits per heavy atom. The quantitative estimate of drug-likeness (QED) is 0.773. The molecule has 0 fully saturated rings. The van der Waals surface area contributed by atoms with Crippen molar-refractivity contribution >= 4 is 33.3 Å². The molecule has 0 saturated carbocycles. The van der Waals surface area contributed by atoms with E-state index in [4.69, 9.17) is 11.6 Å². The van der Waals surface area contributed by atoms with Crippen LogP contribution in [0.5, 0.6) is 0 Å². The molecule has 0 atom stereocenters. The van der Waals surface area contributed by atoms with Crippen LogP contribution in [0.3, 0.4) is 0 Å². The number of alkyl halides is 2. The Morgan fingerprint density at radius 2 is 2.14 bits per heavy atom. The number of hydrogen-bond acceptors (Lipinski definition) is 1. The van der Waals surface area contributed by atoms with Gasteiger partial charge in [0.2, 0.25) is 0 Å². The highest BCUT2D eigenvalue weighted by atomic mass is 79.9. The molecule has 0 radical (unpaired) electrons. The normalized spacial score (nSPS) is 10.2. The molecule has 0 N–H and O–H groups in total. The van der Waals surface area contributed by atoms with Crippen molar-refractivity contribution in [3.63, 3.8) is 0 Å². The topological polar surface area (TPSA) is 17.1 Å².